The number of carbonyl (C=O) groups excluding carboxylic acids is 1. The number of amides is 1. The summed E-state index contributed by atoms with van der Waals surface area (Å²) in [5, 5.41) is 2.88. The minimum atomic E-state index is -0.660. The molecule has 0 fully saturated rings. The molecule has 0 radical (unpaired) electrons. The van der Waals surface area contributed by atoms with Crippen molar-refractivity contribution in [2.24, 2.45) is 5.41 Å². The van der Waals surface area contributed by atoms with Gasteiger partial charge in [0.25, 0.3) is 0 Å². The van der Waals surface area contributed by atoms with Gasteiger partial charge >= 0.3 is 0 Å². The molecule has 0 heterocycles. The number of para-hydroxylation sites is 1. The maximum absolute atomic E-state index is 14.2. The molecule has 2 aromatic carbocycles. The van der Waals surface area contributed by atoms with Crippen LogP contribution in [0.25, 0.3) is 0 Å². The van der Waals surface area contributed by atoms with Gasteiger partial charge in [-0.2, -0.15) is 0 Å². The van der Waals surface area contributed by atoms with E-state index in [4.69, 9.17) is 5.73 Å². The first-order chi connectivity index (χ1) is 11.7. The normalized spacial score (nSPS) is 12.7. The first-order valence-corrected chi connectivity index (χ1v) is 8.26. The van der Waals surface area contributed by atoms with Crippen molar-refractivity contribution in [3.8, 4) is 0 Å². The van der Waals surface area contributed by atoms with Crippen LogP contribution in [-0.4, -0.2) is 5.91 Å². The number of halogens is 2. The van der Waals surface area contributed by atoms with Gasteiger partial charge in [0.1, 0.15) is 11.6 Å². The molecule has 0 spiro atoms. The number of nitrogen functional groups attached to an aromatic ring is 1. The largest absolute Gasteiger partial charge is 0.399 e. The second-order valence-corrected chi connectivity index (χ2v) is 7.23. The van der Waals surface area contributed by atoms with Gasteiger partial charge < -0.3 is 11.1 Å². The van der Waals surface area contributed by atoms with Crippen LogP contribution in [0.2, 0.25) is 0 Å². The molecule has 0 aromatic heterocycles. The molecule has 0 aliphatic heterocycles. The van der Waals surface area contributed by atoms with Gasteiger partial charge in [-0.05, 0) is 29.5 Å². The maximum Gasteiger partial charge on any atom is 0.220 e. The van der Waals surface area contributed by atoms with E-state index in [1.165, 1.54) is 12.1 Å². The Morgan fingerprint density at radius 2 is 1.84 bits per heavy atom. The summed E-state index contributed by atoms with van der Waals surface area (Å²) in [5.74, 6) is -1.50. The maximum atomic E-state index is 14.2. The molecule has 0 saturated carbocycles. The van der Waals surface area contributed by atoms with Gasteiger partial charge in [0.15, 0.2) is 0 Å². The van der Waals surface area contributed by atoms with E-state index in [1.54, 1.807) is 6.07 Å². The van der Waals surface area contributed by atoms with Crippen LogP contribution in [0.5, 0.6) is 0 Å². The van der Waals surface area contributed by atoms with Gasteiger partial charge in [-0.25, -0.2) is 8.78 Å². The Hall–Kier alpha value is -2.43. The fraction of sp³-hybridized carbons (Fsp3) is 0.350. The van der Waals surface area contributed by atoms with E-state index < -0.39 is 23.1 Å². The molecule has 1 unspecified atom stereocenters. The van der Waals surface area contributed by atoms with Crippen molar-refractivity contribution in [3.63, 3.8) is 0 Å². The fourth-order valence-electron chi connectivity index (χ4n) is 2.74. The number of carbonyl (C=O) groups is 1. The van der Waals surface area contributed by atoms with Gasteiger partial charge in [0.2, 0.25) is 5.91 Å². The number of nitrogens with one attached hydrogen (secondary N) is 1. The van der Waals surface area contributed by atoms with Crippen molar-refractivity contribution in [1.82, 2.24) is 5.32 Å². The van der Waals surface area contributed by atoms with Crippen LogP contribution in [0.1, 0.15) is 44.4 Å². The molecule has 5 heteroatoms. The summed E-state index contributed by atoms with van der Waals surface area (Å²) in [5.41, 5.74) is 7.28. The SMILES string of the molecule is CC(C)(C)C(NC(=O)CCc1ccccc1N)c1ccc(F)cc1F. The minimum absolute atomic E-state index is 0.202. The van der Waals surface area contributed by atoms with Crippen LogP contribution in [0, 0.1) is 17.0 Å². The van der Waals surface area contributed by atoms with Crippen LogP contribution in [-0.2, 0) is 11.2 Å². The number of rotatable bonds is 5. The van der Waals surface area contributed by atoms with Crippen LogP contribution in [0.3, 0.4) is 0 Å². The van der Waals surface area contributed by atoms with Crippen molar-refractivity contribution in [2.45, 2.75) is 39.7 Å². The van der Waals surface area contributed by atoms with E-state index in [-0.39, 0.29) is 17.9 Å². The molecule has 3 N–H and O–H groups in total. The van der Waals surface area contributed by atoms with Crippen molar-refractivity contribution < 1.29 is 13.6 Å². The molecule has 1 amide bonds. The van der Waals surface area contributed by atoms with Crippen molar-refractivity contribution in [3.05, 3.63) is 65.2 Å². The molecule has 2 aromatic rings. The molecule has 25 heavy (non-hydrogen) atoms. The highest BCUT2D eigenvalue weighted by Crippen LogP contribution is 2.34. The lowest BCUT2D eigenvalue weighted by Gasteiger charge is -2.32. The number of benzene rings is 2. The van der Waals surface area contributed by atoms with E-state index in [0.717, 1.165) is 11.6 Å². The summed E-state index contributed by atoms with van der Waals surface area (Å²) >= 11 is 0. The Kier molecular flexibility index (Phi) is 5.77. The second-order valence-electron chi connectivity index (χ2n) is 7.23. The van der Waals surface area contributed by atoms with Crippen LogP contribution >= 0.6 is 0 Å². The van der Waals surface area contributed by atoms with E-state index in [9.17, 15) is 13.6 Å². The van der Waals surface area contributed by atoms with Crippen LogP contribution in [0.15, 0.2) is 42.5 Å². The molecule has 134 valence electrons. The lowest BCUT2D eigenvalue weighted by atomic mass is 9.82. The minimum Gasteiger partial charge on any atom is -0.399 e. The standard InChI is InChI=1S/C20H24F2N2O/c1-20(2,3)19(15-10-9-14(21)12-16(15)22)24-18(25)11-8-13-6-4-5-7-17(13)23/h4-7,9-10,12,19H,8,11,23H2,1-3H3,(H,24,25). The highest BCUT2D eigenvalue weighted by molar-refractivity contribution is 5.77. The van der Waals surface area contributed by atoms with Crippen LogP contribution < -0.4 is 11.1 Å². The van der Waals surface area contributed by atoms with Crippen molar-refractivity contribution in [1.29, 1.82) is 0 Å². The number of anilines is 1. The summed E-state index contributed by atoms with van der Waals surface area (Å²) in [6, 6.07) is 10.2. The molecule has 0 saturated heterocycles. The van der Waals surface area contributed by atoms with Gasteiger partial charge in [-0.3, -0.25) is 4.79 Å². The highest BCUT2D eigenvalue weighted by Gasteiger charge is 2.30. The molecule has 0 bridgehead atoms. The van der Waals surface area contributed by atoms with E-state index in [2.05, 4.69) is 5.32 Å². The van der Waals surface area contributed by atoms with Crippen molar-refractivity contribution >= 4 is 11.6 Å². The van der Waals surface area contributed by atoms with Gasteiger partial charge in [-0.15, -0.1) is 0 Å². The number of hydrogen-bond donors (Lipinski definition) is 2. The van der Waals surface area contributed by atoms with E-state index >= 15 is 0 Å². The summed E-state index contributed by atoms with van der Waals surface area (Å²) in [6.07, 6.45) is 0.741. The number of nitrogens with two attached hydrogens (primary N) is 1. The van der Waals surface area contributed by atoms with E-state index in [0.29, 0.717) is 12.1 Å². The average Bonchev–Trinajstić information content (AvgIpc) is 2.51. The molecule has 0 aliphatic carbocycles. The highest BCUT2D eigenvalue weighted by atomic mass is 19.1. The lowest BCUT2D eigenvalue weighted by Crippen LogP contribution is -2.37. The summed E-state index contributed by atoms with van der Waals surface area (Å²) < 4.78 is 27.4. The summed E-state index contributed by atoms with van der Waals surface area (Å²) in [4.78, 5) is 12.4. The lowest BCUT2D eigenvalue weighted by molar-refractivity contribution is -0.122. The Balaban J connectivity index is 2.12. The zero-order valence-electron chi connectivity index (χ0n) is 14.8. The Bertz CT molecular complexity index is 754. The third-order valence-corrected chi connectivity index (χ3v) is 4.12. The quantitative estimate of drug-likeness (QED) is 0.789. The molecular weight excluding hydrogens is 322 g/mol. The smallest absolute Gasteiger partial charge is 0.220 e. The number of hydrogen-bond acceptors (Lipinski definition) is 2. The topological polar surface area (TPSA) is 55.1 Å². The Morgan fingerprint density at radius 3 is 2.44 bits per heavy atom. The van der Waals surface area contributed by atoms with Crippen molar-refractivity contribution in [2.75, 3.05) is 5.73 Å². The second kappa shape index (κ2) is 7.64. The van der Waals surface area contributed by atoms with Gasteiger partial charge in [0, 0.05) is 23.7 Å². The molecule has 3 nitrogen and oxygen atoms in total. The molecular formula is C20H24F2N2O. The third-order valence-electron chi connectivity index (χ3n) is 4.12. The zero-order valence-corrected chi connectivity index (χ0v) is 14.8. The zero-order chi connectivity index (χ0) is 18.6. The first kappa shape index (κ1) is 18.9. The predicted octanol–water partition coefficient (Wildman–Crippen LogP) is 4.38. The van der Waals surface area contributed by atoms with Crippen LogP contribution in [0.4, 0.5) is 14.5 Å². The first-order valence-electron chi connectivity index (χ1n) is 8.26. The summed E-state index contributed by atoms with van der Waals surface area (Å²) in [6.45, 7) is 5.70. The molecule has 1 atom stereocenters. The Morgan fingerprint density at radius 1 is 1.16 bits per heavy atom. The number of aryl methyl sites for hydroxylation is 1. The Labute approximate surface area is 147 Å². The average molecular weight is 346 g/mol. The summed E-state index contributed by atoms with van der Waals surface area (Å²) in [7, 11) is 0. The van der Waals surface area contributed by atoms with Gasteiger partial charge in [0.05, 0.1) is 6.04 Å². The molecule has 0 aliphatic rings. The molecule has 2 rings (SSSR count). The predicted molar refractivity (Wildman–Crippen MR) is 95.9 cm³/mol. The van der Waals surface area contributed by atoms with Gasteiger partial charge in [-0.1, -0.05) is 45.0 Å². The monoisotopic (exact) mass is 346 g/mol. The van der Waals surface area contributed by atoms with E-state index in [1.807, 2.05) is 39.0 Å². The third kappa shape index (κ3) is 5.02. The fourth-order valence-corrected chi connectivity index (χ4v) is 2.74.